The average Bonchev–Trinajstić information content (AvgIpc) is 3.20. The summed E-state index contributed by atoms with van der Waals surface area (Å²) in [5, 5.41) is 0.411. The van der Waals surface area contributed by atoms with Crippen LogP contribution in [0, 0.1) is 0 Å². The van der Waals surface area contributed by atoms with Crippen LogP contribution in [0.4, 0.5) is 0 Å². The quantitative estimate of drug-likeness (QED) is 0.402. The van der Waals surface area contributed by atoms with Gasteiger partial charge < -0.3 is 28.3 Å². The summed E-state index contributed by atoms with van der Waals surface area (Å²) in [4.78, 5) is 31.6. The van der Waals surface area contributed by atoms with Crippen LogP contribution in [0.5, 0.6) is 17.2 Å². The molecule has 1 amide bonds. The number of rotatable bonds is 8. The van der Waals surface area contributed by atoms with Crippen molar-refractivity contribution in [3.63, 3.8) is 0 Å². The van der Waals surface area contributed by atoms with E-state index in [1.807, 2.05) is 0 Å². The summed E-state index contributed by atoms with van der Waals surface area (Å²) in [6.07, 6.45) is 0.736. The zero-order chi connectivity index (χ0) is 26.1. The standard InChI is InChI=1S/C27H29BrN2O7/c1-33-20-13-16(14-21(34-2)25(20)35-3)23-22-24(31)18-15-17(28)5-6-19(18)37-26(22)27(32)30(23)8-4-7-29-9-11-36-12-10-29/h5-6,13-15,23H,4,7-12H2,1-3H3/t23-/m0/s1. The van der Waals surface area contributed by atoms with Crippen LogP contribution < -0.4 is 19.6 Å². The minimum absolute atomic E-state index is 0.0740. The van der Waals surface area contributed by atoms with Crippen molar-refractivity contribution in [2.75, 3.05) is 60.7 Å². The van der Waals surface area contributed by atoms with Crippen LogP contribution in [0.1, 0.15) is 34.1 Å². The second-order valence-electron chi connectivity index (χ2n) is 8.98. The summed E-state index contributed by atoms with van der Waals surface area (Å²) in [7, 11) is 4.60. The Balaban J connectivity index is 1.61. The SMILES string of the molecule is COc1cc([C@H]2c3c(oc4ccc(Br)cc4c3=O)C(=O)N2CCCN2CCOCC2)cc(OC)c1OC. The summed E-state index contributed by atoms with van der Waals surface area (Å²) in [5.74, 6) is 1.09. The van der Waals surface area contributed by atoms with Crippen molar-refractivity contribution in [3.05, 3.63) is 61.9 Å². The monoisotopic (exact) mass is 572 g/mol. The Kier molecular flexibility index (Phi) is 7.41. The number of benzene rings is 2. The van der Waals surface area contributed by atoms with Gasteiger partial charge in [0.1, 0.15) is 5.58 Å². The third kappa shape index (κ3) is 4.69. The Morgan fingerprint density at radius 2 is 1.68 bits per heavy atom. The van der Waals surface area contributed by atoms with Gasteiger partial charge in [-0.3, -0.25) is 14.5 Å². The number of methoxy groups -OCH3 is 3. The molecule has 1 fully saturated rings. The molecule has 0 bridgehead atoms. The van der Waals surface area contributed by atoms with E-state index < -0.39 is 6.04 Å². The van der Waals surface area contributed by atoms with Gasteiger partial charge in [0, 0.05) is 30.7 Å². The van der Waals surface area contributed by atoms with Gasteiger partial charge in [0.15, 0.2) is 16.9 Å². The van der Waals surface area contributed by atoms with Crippen molar-refractivity contribution in [2.45, 2.75) is 12.5 Å². The number of nitrogens with zero attached hydrogens (tertiary/aromatic N) is 2. The van der Waals surface area contributed by atoms with Crippen LogP contribution >= 0.6 is 15.9 Å². The fourth-order valence-corrected chi connectivity index (χ4v) is 5.48. The smallest absolute Gasteiger partial charge is 0.290 e. The van der Waals surface area contributed by atoms with Crippen LogP contribution in [-0.4, -0.2) is 76.4 Å². The largest absolute Gasteiger partial charge is 0.493 e. The zero-order valence-electron chi connectivity index (χ0n) is 21.0. The van der Waals surface area contributed by atoms with Gasteiger partial charge in [-0.2, -0.15) is 0 Å². The lowest BCUT2D eigenvalue weighted by Gasteiger charge is -2.29. The molecule has 5 rings (SSSR count). The average molecular weight is 573 g/mol. The van der Waals surface area contributed by atoms with Crippen LogP contribution in [0.2, 0.25) is 0 Å². The molecule has 2 aliphatic rings. The summed E-state index contributed by atoms with van der Waals surface area (Å²) < 4.78 is 28.9. The molecule has 2 aromatic carbocycles. The molecule has 196 valence electrons. The number of carbonyl (C=O) groups excluding carboxylic acids is 1. The molecular weight excluding hydrogens is 544 g/mol. The van der Waals surface area contributed by atoms with Crippen molar-refractivity contribution >= 4 is 32.8 Å². The van der Waals surface area contributed by atoms with Crippen molar-refractivity contribution in [1.82, 2.24) is 9.80 Å². The number of ether oxygens (including phenoxy) is 4. The topological polar surface area (TPSA) is 90.7 Å². The van der Waals surface area contributed by atoms with Gasteiger partial charge in [0.25, 0.3) is 5.91 Å². The Bertz CT molecular complexity index is 1360. The molecular formula is C27H29BrN2O7. The van der Waals surface area contributed by atoms with Gasteiger partial charge in [-0.25, -0.2) is 0 Å². The lowest BCUT2D eigenvalue weighted by molar-refractivity contribution is 0.0353. The van der Waals surface area contributed by atoms with E-state index in [-0.39, 0.29) is 17.1 Å². The van der Waals surface area contributed by atoms with E-state index >= 15 is 0 Å². The lowest BCUT2D eigenvalue weighted by atomic mass is 9.97. The number of amides is 1. The predicted octanol–water partition coefficient (Wildman–Crippen LogP) is 3.85. The fourth-order valence-electron chi connectivity index (χ4n) is 5.12. The molecule has 2 aliphatic heterocycles. The molecule has 0 radical (unpaired) electrons. The van der Waals surface area contributed by atoms with Gasteiger partial charge in [-0.1, -0.05) is 15.9 Å². The normalized spacial score (nSPS) is 17.8. The molecule has 10 heteroatoms. The van der Waals surface area contributed by atoms with Gasteiger partial charge >= 0.3 is 0 Å². The first-order chi connectivity index (χ1) is 18.0. The molecule has 1 saturated heterocycles. The van der Waals surface area contributed by atoms with Gasteiger partial charge in [0.05, 0.1) is 51.5 Å². The highest BCUT2D eigenvalue weighted by Gasteiger charge is 2.43. The zero-order valence-corrected chi connectivity index (χ0v) is 22.6. The Hall–Kier alpha value is -3.08. The van der Waals surface area contributed by atoms with Crippen LogP contribution in [-0.2, 0) is 4.74 Å². The third-order valence-corrected chi connectivity index (χ3v) is 7.40. The van der Waals surface area contributed by atoms with E-state index in [1.54, 1.807) is 35.2 Å². The van der Waals surface area contributed by atoms with E-state index in [9.17, 15) is 9.59 Å². The second-order valence-corrected chi connectivity index (χ2v) is 9.90. The second kappa shape index (κ2) is 10.7. The van der Waals surface area contributed by atoms with E-state index in [2.05, 4.69) is 20.8 Å². The van der Waals surface area contributed by atoms with Crippen molar-refractivity contribution in [3.8, 4) is 17.2 Å². The maximum atomic E-state index is 13.8. The molecule has 3 aromatic rings. The summed E-state index contributed by atoms with van der Waals surface area (Å²) in [6.45, 7) is 4.42. The number of morpholine rings is 1. The summed E-state index contributed by atoms with van der Waals surface area (Å²) >= 11 is 3.44. The van der Waals surface area contributed by atoms with E-state index in [1.165, 1.54) is 21.3 Å². The molecule has 0 unspecified atom stereocenters. The number of fused-ring (bicyclic) bond motifs is 2. The number of carbonyl (C=O) groups is 1. The molecule has 1 aromatic heterocycles. The first-order valence-electron chi connectivity index (χ1n) is 12.1. The highest BCUT2D eigenvalue weighted by Crippen LogP contribution is 2.45. The fraction of sp³-hybridized carbons (Fsp3) is 0.407. The molecule has 37 heavy (non-hydrogen) atoms. The Morgan fingerprint density at radius 1 is 0.973 bits per heavy atom. The van der Waals surface area contributed by atoms with Crippen molar-refractivity contribution in [2.24, 2.45) is 0 Å². The highest BCUT2D eigenvalue weighted by atomic mass is 79.9. The Morgan fingerprint density at radius 3 is 2.32 bits per heavy atom. The molecule has 1 atom stereocenters. The van der Waals surface area contributed by atoms with Crippen molar-refractivity contribution in [1.29, 1.82) is 0 Å². The summed E-state index contributed by atoms with van der Waals surface area (Å²) in [5.41, 5.74) is 1.13. The van der Waals surface area contributed by atoms with E-state index in [0.29, 0.717) is 59.1 Å². The Labute approximate surface area is 223 Å². The molecule has 0 spiro atoms. The lowest BCUT2D eigenvalue weighted by Crippen LogP contribution is -2.38. The number of hydrogen-bond donors (Lipinski definition) is 0. The van der Waals surface area contributed by atoms with E-state index in [4.69, 9.17) is 23.4 Å². The first-order valence-corrected chi connectivity index (χ1v) is 12.9. The summed E-state index contributed by atoms with van der Waals surface area (Å²) in [6, 6.07) is 8.11. The van der Waals surface area contributed by atoms with Gasteiger partial charge in [-0.05, 0) is 42.3 Å². The molecule has 0 aliphatic carbocycles. The van der Waals surface area contributed by atoms with Crippen molar-refractivity contribution < 1.29 is 28.2 Å². The molecule has 0 N–H and O–H groups in total. The van der Waals surface area contributed by atoms with E-state index in [0.717, 1.165) is 30.5 Å². The van der Waals surface area contributed by atoms with Crippen LogP contribution in [0.15, 0.2) is 44.0 Å². The third-order valence-electron chi connectivity index (χ3n) is 6.91. The minimum Gasteiger partial charge on any atom is -0.493 e. The molecule has 0 saturated carbocycles. The van der Waals surface area contributed by atoms with Crippen LogP contribution in [0.3, 0.4) is 0 Å². The predicted molar refractivity (Wildman–Crippen MR) is 141 cm³/mol. The van der Waals surface area contributed by atoms with Gasteiger partial charge in [0.2, 0.25) is 11.5 Å². The number of halogens is 1. The highest BCUT2D eigenvalue weighted by molar-refractivity contribution is 9.10. The maximum Gasteiger partial charge on any atom is 0.290 e. The molecule has 3 heterocycles. The maximum absolute atomic E-state index is 13.8. The minimum atomic E-state index is -0.666. The van der Waals surface area contributed by atoms with Crippen LogP contribution in [0.25, 0.3) is 11.0 Å². The van der Waals surface area contributed by atoms with Gasteiger partial charge in [-0.15, -0.1) is 0 Å². The number of hydrogen-bond acceptors (Lipinski definition) is 8. The molecule has 9 nitrogen and oxygen atoms in total. The first kappa shape index (κ1) is 25.6.